The van der Waals surface area contributed by atoms with Crippen LogP contribution in [0.5, 0.6) is 0 Å². The topological polar surface area (TPSA) is 71.5 Å². The van der Waals surface area contributed by atoms with Crippen LogP contribution in [0, 0.1) is 12.8 Å². The van der Waals surface area contributed by atoms with Crippen LogP contribution in [-0.4, -0.2) is 23.4 Å². The number of rotatable bonds is 6. The average Bonchev–Trinajstić information content (AvgIpc) is 3.10. The van der Waals surface area contributed by atoms with E-state index in [0.717, 1.165) is 30.3 Å². The van der Waals surface area contributed by atoms with Gasteiger partial charge >= 0.3 is 5.91 Å². The van der Waals surface area contributed by atoms with Crippen molar-refractivity contribution in [3.63, 3.8) is 0 Å². The zero-order chi connectivity index (χ0) is 14.0. The number of furan rings is 1. The molecule has 1 saturated carbocycles. The van der Waals surface area contributed by atoms with Gasteiger partial charge in [-0.25, -0.2) is 5.84 Å². The van der Waals surface area contributed by atoms with Crippen molar-refractivity contribution in [2.75, 3.05) is 6.54 Å². The van der Waals surface area contributed by atoms with Gasteiger partial charge in [-0.2, -0.15) is 0 Å². The molecular weight excluding hydrogens is 242 g/mol. The summed E-state index contributed by atoms with van der Waals surface area (Å²) >= 11 is 0. The minimum atomic E-state index is -0.373. The molecule has 5 heteroatoms. The molecule has 1 aromatic heterocycles. The highest BCUT2D eigenvalue weighted by atomic mass is 16.4. The quantitative estimate of drug-likeness (QED) is 0.467. The molecule has 2 rings (SSSR count). The minimum Gasteiger partial charge on any atom is -0.454 e. The molecule has 1 aliphatic carbocycles. The molecule has 0 saturated heterocycles. The number of nitrogens with zero attached hydrogens (tertiary/aromatic N) is 1. The number of nitrogen functional groups attached to an aromatic ring is 1. The van der Waals surface area contributed by atoms with Gasteiger partial charge in [-0.3, -0.25) is 15.1 Å². The van der Waals surface area contributed by atoms with Crippen molar-refractivity contribution >= 4 is 5.91 Å². The Hall–Kier alpha value is -1.33. The van der Waals surface area contributed by atoms with Crippen molar-refractivity contribution in [1.82, 2.24) is 10.3 Å². The molecule has 5 nitrogen and oxygen atoms in total. The van der Waals surface area contributed by atoms with E-state index in [1.54, 1.807) is 0 Å². The number of carbonyl (C=O) groups is 1. The molecule has 106 valence electrons. The second-order valence-electron chi connectivity index (χ2n) is 5.66. The summed E-state index contributed by atoms with van der Waals surface area (Å²) < 4.78 is 5.62. The average molecular weight is 265 g/mol. The number of hydrogen-bond acceptors (Lipinski definition) is 4. The molecule has 0 aromatic carbocycles. The maximum Gasteiger partial charge on any atom is 0.301 e. The number of hydrogen-bond donors (Lipinski definition) is 2. The largest absolute Gasteiger partial charge is 0.454 e. The Balaban J connectivity index is 2.05. The zero-order valence-electron chi connectivity index (χ0n) is 11.9. The van der Waals surface area contributed by atoms with Gasteiger partial charge in [0, 0.05) is 18.2 Å². The van der Waals surface area contributed by atoms with Crippen molar-refractivity contribution in [3.8, 4) is 0 Å². The maximum absolute atomic E-state index is 11.5. The molecule has 1 amide bonds. The summed E-state index contributed by atoms with van der Waals surface area (Å²) in [5.41, 5.74) is 2.93. The van der Waals surface area contributed by atoms with E-state index < -0.39 is 0 Å². The van der Waals surface area contributed by atoms with Crippen molar-refractivity contribution in [1.29, 1.82) is 0 Å². The van der Waals surface area contributed by atoms with Gasteiger partial charge in [0.25, 0.3) is 0 Å². The van der Waals surface area contributed by atoms with Crippen LogP contribution in [0.3, 0.4) is 0 Å². The fourth-order valence-corrected chi connectivity index (χ4v) is 2.21. The summed E-state index contributed by atoms with van der Waals surface area (Å²) in [7, 11) is 0. The number of hydrazine groups is 1. The lowest BCUT2D eigenvalue weighted by molar-refractivity contribution is 0.0920. The second-order valence-corrected chi connectivity index (χ2v) is 5.66. The number of amides is 1. The van der Waals surface area contributed by atoms with Gasteiger partial charge in [0.1, 0.15) is 5.76 Å². The molecular formula is C14H23N3O2. The molecule has 0 spiro atoms. The Bertz CT molecular complexity index is 450. The lowest BCUT2D eigenvalue weighted by Gasteiger charge is -2.25. The van der Waals surface area contributed by atoms with Gasteiger partial charge < -0.3 is 4.42 Å². The molecule has 19 heavy (non-hydrogen) atoms. The molecule has 1 aliphatic rings. The fraction of sp³-hybridized carbons (Fsp3) is 0.643. The smallest absolute Gasteiger partial charge is 0.301 e. The second kappa shape index (κ2) is 5.75. The predicted molar refractivity (Wildman–Crippen MR) is 73.4 cm³/mol. The third kappa shape index (κ3) is 3.58. The SMILES string of the molecule is Cc1cc(CN(CC2CC2)C(C)C)oc1C(=O)NN. The highest BCUT2D eigenvalue weighted by molar-refractivity contribution is 5.92. The first-order valence-corrected chi connectivity index (χ1v) is 6.85. The van der Waals surface area contributed by atoms with E-state index in [9.17, 15) is 4.79 Å². The monoisotopic (exact) mass is 265 g/mol. The standard InChI is InChI=1S/C14H23N3O2/c1-9(2)17(7-11-4-5-11)8-12-6-10(3)13(19-12)14(18)16-15/h6,9,11H,4-5,7-8,15H2,1-3H3,(H,16,18). The van der Waals surface area contributed by atoms with Crippen LogP contribution in [0.4, 0.5) is 0 Å². The van der Waals surface area contributed by atoms with Gasteiger partial charge in [-0.15, -0.1) is 0 Å². The summed E-state index contributed by atoms with van der Waals surface area (Å²) in [6.07, 6.45) is 2.67. The minimum absolute atomic E-state index is 0.313. The third-order valence-corrected chi connectivity index (χ3v) is 3.58. The number of nitrogens with two attached hydrogens (primary N) is 1. The Kier molecular flexibility index (Phi) is 4.27. The number of carbonyl (C=O) groups excluding carboxylic acids is 1. The number of nitrogens with one attached hydrogen (secondary N) is 1. The highest BCUT2D eigenvalue weighted by Crippen LogP contribution is 2.31. The lowest BCUT2D eigenvalue weighted by atomic mass is 10.2. The van der Waals surface area contributed by atoms with E-state index in [1.807, 2.05) is 13.0 Å². The first-order valence-electron chi connectivity index (χ1n) is 6.85. The van der Waals surface area contributed by atoms with E-state index in [-0.39, 0.29) is 5.91 Å². The molecule has 3 N–H and O–H groups in total. The molecule has 0 unspecified atom stereocenters. The number of aryl methyl sites for hydroxylation is 1. The van der Waals surface area contributed by atoms with E-state index >= 15 is 0 Å². The van der Waals surface area contributed by atoms with Crippen molar-refractivity contribution in [2.24, 2.45) is 11.8 Å². The molecule has 1 aromatic rings. The normalized spacial score (nSPS) is 15.3. The first-order chi connectivity index (χ1) is 9.01. The molecule has 0 bridgehead atoms. The Morgan fingerprint density at radius 3 is 2.79 bits per heavy atom. The van der Waals surface area contributed by atoms with Gasteiger partial charge in [0.2, 0.25) is 0 Å². The van der Waals surface area contributed by atoms with Crippen LogP contribution in [0.15, 0.2) is 10.5 Å². The Morgan fingerprint density at radius 1 is 1.58 bits per heavy atom. The molecule has 1 heterocycles. The predicted octanol–water partition coefficient (Wildman–Crippen LogP) is 1.81. The van der Waals surface area contributed by atoms with E-state index in [0.29, 0.717) is 11.8 Å². The van der Waals surface area contributed by atoms with Crippen LogP contribution in [0.1, 0.15) is 48.6 Å². The van der Waals surface area contributed by atoms with Gasteiger partial charge in [-0.1, -0.05) is 0 Å². The fourth-order valence-electron chi connectivity index (χ4n) is 2.21. The van der Waals surface area contributed by atoms with Crippen molar-refractivity contribution in [3.05, 3.63) is 23.2 Å². The van der Waals surface area contributed by atoms with Crippen LogP contribution < -0.4 is 11.3 Å². The third-order valence-electron chi connectivity index (χ3n) is 3.58. The van der Waals surface area contributed by atoms with Gasteiger partial charge in [0.15, 0.2) is 5.76 Å². The maximum atomic E-state index is 11.5. The molecule has 0 atom stereocenters. The van der Waals surface area contributed by atoms with Crippen molar-refractivity contribution in [2.45, 2.75) is 46.2 Å². The summed E-state index contributed by atoms with van der Waals surface area (Å²) in [6.45, 7) is 8.08. The molecule has 1 fully saturated rings. The van der Waals surface area contributed by atoms with Crippen LogP contribution in [-0.2, 0) is 6.54 Å². The Labute approximate surface area is 114 Å². The zero-order valence-corrected chi connectivity index (χ0v) is 11.9. The Morgan fingerprint density at radius 2 is 2.26 bits per heavy atom. The van der Waals surface area contributed by atoms with Gasteiger partial charge in [0.05, 0.1) is 6.54 Å². The van der Waals surface area contributed by atoms with Crippen LogP contribution in [0.25, 0.3) is 0 Å². The first kappa shape index (κ1) is 14.1. The summed E-state index contributed by atoms with van der Waals surface area (Å²) in [5.74, 6) is 6.74. The molecule has 0 radical (unpaired) electrons. The molecule has 0 aliphatic heterocycles. The lowest BCUT2D eigenvalue weighted by Crippen LogP contribution is -2.32. The summed E-state index contributed by atoms with van der Waals surface area (Å²) in [6, 6.07) is 2.39. The van der Waals surface area contributed by atoms with E-state index in [1.165, 1.54) is 12.8 Å². The van der Waals surface area contributed by atoms with E-state index in [4.69, 9.17) is 10.3 Å². The van der Waals surface area contributed by atoms with Crippen LogP contribution >= 0.6 is 0 Å². The van der Waals surface area contributed by atoms with E-state index in [2.05, 4.69) is 24.2 Å². The van der Waals surface area contributed by atoms with Crippen molar-refractivity contribution < 1.29 is 9.21 Å². The van der Waals surface area contributed by atoms with Crippen LogP contribution in [0.2, 0.25) is 0 Å². The highest BCUT2D eigenvalue weighted by Gasteiger charge is 2.26. The summed E-state index contributed by atoms with van der Waals surface area (Å²) in [4.78, 5) is 13.9. The summed E-state index contributed by atoms with van der Waals surface area (Å²) in [5, 5.41) is 0. The van der Waals surface area contributed by atoms with Gasteiger partial charge in [-0.05, 0) is 45.6 Å².